The Bertz CT molecular complexity index is 1110. The van der Waals surface area contributed by atoms with E-state index >= 15 is 0 Å². The Morgan fingerprint density at radius 1 is 1.00 bits per heavy atom. The molecule has 2 atom stereocenters. The van der Waals surface area contributed by atoms with E-state index in [2.05, 4.69) is 89.4 Å². The average Bonchev–Trinajstić information content (AvgIpc) is 3.16. The maximum absolute atomic E-state index is 5.77. The Labute approximate surface area is 213 Å². The van der Waals surface area contributed by atoms with Gasteiger partial charge in [0.05, 0.1) is 0 Å². The molecule has 162 valence electrons. The fourth-order valence-corrected chi connectivity index (χ4v) is 25.1. The van der Waals surface area contributed by atoms with Crippen molar-refractivity contribution in [2.24, 2.45) is 5.92 Å². The van der Waals surface area contributed by atoms with Crippen LogP contribution in [0.15, 0.2) is 74.1 Å². The van der Waals surface area contributed by atoms with E-state index in [1.807, 2.05) is 3.28 Å². The summed E-state index contributed by atoms with van der Waals surface area (Å²) in [4.78, 5) is 1.09. The van der Waals surface area contributed by atoms with Crippen molar-refractivity contribution in [2.75, 3.05) is 0 Å². The molecule has 0 bridgehead atoms. The summed E-state index contributed by atoms with van der Waals surface area (Å²) >= 11 is 3.85. The second kappa shape index (κ2) is 10.7. The van der Waals surface area contributed by atoms with Gasteiger partial charge in [0, 0.05) is 0 Å². The Morgan fingerprint density at radius 3 is 2.26 bits per heavy atom. The zero-order chi connectivity index (χ0) is 20.9. The normalized spacial score (nSPS) is 21.6. The Kier molecular flexibility index (Phi) is 9.34. The van der Waals surface area contributed by atoms with Gasteiger partial charge in [-0.3, -0.25) is 0 Å². The maximum atomic E-state index is 5.77. The molecule has 2 unspecified atom stereocenters. The van der Waals surface area contributed by atoms with Crippen LogP contribution in [0.2, 0.25) is 13.1 Å². The van der Waals surface area contributed by atoms with Gasteiger partial charge in [0.1, 0.15) is 0 Å². The Balaban J connectivity index is 0.00000171. The van der Waals surface area contributed by atoms with E-state index in [-0.39, 0.29) is 30.2 Å². The van der Waals surface area contributed by atoms with Gasteiger partial charge in [-0.15, -0.1) is 0 Å². The predicted molar refractivity (Wildman–Crippen MR) is 129 cm³/mol. The van der Waals surface area contributed by atoms with Gasteiger partial charge in [-0.2, -0.15) is 0 Å². The van der Waals surface area contributed by atoms with Gasteiger partial charge in [0.25, 0.3) is 0 Å². The standard InChI is InChI=1S/C15H11S.C9H13.C2H6Si.2ClH.Zr/c16-15-8-4-3-7-14(15)13-10-9-11-5-1-2-6-12(11)13;1-6-5-7(2)9(4)8(6)3;1-3-2;;;/h1-7,9-10H,8H2;6H,1-4H3;1-2H3;2*1H;/q;;;;;+2/p-2. The van der Waals surface area contributed by atoms with Crippen LogP contribution in [0.5, 0.6) is 0 Å². The minimum absolute atomic E-state index is 0. The molecule has 1 aromatic carbocycles. The minimum Gasteiger partial charge on any atom is -1.00 e. The van der Waals surface area contributed by atoms with Crippen molar-refractivity contribution in [2.45, 2.75) is 50.8 Å². The number of benzene rings is 1. The SMILES string of the molecule is CC1=C(C)C(C)[C]([Zr+2]([CH]2C=C(C3=CC=CCC3=S)c3ccccc32)=[Si](C)C)=C1C.[Cl-].[Cl-]. The summed E-state index contributed by atoms with van der Waals surface area (Å²) in [5.41, 5.74) is 10.2. The van der Waals surface area contributed by atoms with Gasteiger partial charge in [-0.05, 0) is 0 Å². The fourth-order valence-electron chi connectivity index (χ4n) is 5.16. The molecule has 0 radical (unpaired) electrons. The molecule has 0 N–H and O–H groups in total. The van der Waals surface area contributed by atoms with E-state index in [1.165, 1.54) is 16.7 Å². The molecule has 0 nitrogen and oxygen atoms in total. The quantitative estimate of drug-likeness (QED) is 0.397. The van der Waals surface area contributed by atoms with Gasteiger partial charge >= 0.3 is 190 Å². The molecule has 0 saturated carbocycles. The molecule has 31 heavy (non-hydrogen) atoms. The van der Waals surface area contributed by atoms with Crippen molar-refractivity contribution >= 4 is 28.1 Å². The molecule has 5 heteroatoms. The molecular weight excluding hydrogens is 535 g/mol. The number of rotatable bonds is 3. The van der Waals surface area contributed by atoms with Gasteiger partial charge in [-0.25, -0.2) is 0 Å². The van der Waals surface area contributed by atoms with E-state index in [9.17, 15) is 0 Å². The number of hydrogen-bond donors (Lipinski definition) is 0. The first-order valence-electron chi connectivity index (χ1n) is 10.6. The van der Waals surface area contributed by atoms with Crippen LogP contribution in [-0.4, -0.2) is 10.3 Å². The smallest absolute Gasteiger partial charge is 1.00 e. The van der Waals surface area contributed by atoms with E-state index in [1.54, 1.807) is 22.3 Å². The maximum Gasteiger partial charge on any atom is -1.00 e. The minimum atomic E-state index is -1.92. The summed E-state index contributed by atoms with van der Waals surface area (Å²) in [7, 11) is 0. The second-order valence-corrected chi connectivity index (χ2v) is 26.7. The molecule has 4 rings (SSSR count). The molecule has 0 heterocycles. The number of fused-ring (bicyclic) bond motifs is 1. The molecule has 0 aromatic heterocycles. The van der Waals surface area contributed by atoms with Crippen LogP contribution in [0, 0.1) is 5.92 Å². The van der Waals surface area contributed by atoms with Crippen LogP contribution < -0.4 is 24.8 Å². The largest absolute Gasteiger partial charge is 1.00 e. The topological polar surface area (TPSA) is 0 Å². The summed E-state index contributed by atoms with van der Waals surface area (Å²) in [6.45, 7) is 14.7. The van der Waals surface area contributed by atoms with Crippen LogP contribution >= 0.6 is 12.2 Å². The summed E-state index contributed by atoms with van der Waals surface area (Å²) < 4.78 is 2.53. The second-order valence-electron chi connectivity index (χ2n) is 8.76. The summed E-state index contributed by atoms with van der Waals surface area (Å²) in [6, 6.07) is 9.17. The van der Waals surface area contributed by atoms with E-state index < -0.39 is 20.4 Å². The number of hydrogen-bond acceptors (Lipinski definition) is 1. The Morgan fingerprint density at radius 2 is 1.68 bits per heavy atom. The third-order valence-electron chi connectivity index (χ3n) is 6.99. The van der Waals surface area contributed by atoms with Crippen molar-refractivity contribution < 1.29 is 45.2 Å². The zero-order valence-electron chi connectivity index (χ0n) is 19.1. The van der Waals surface area contributed by atoms with E-state index in [0.717, 1.165) is 11.3 Å². The van der Waals surface area contributed by atoms with Gasteiger partial charge in [0.2, 0.25) is 0 Å². The summed E-state index contributed by atoms with van der Waals surface area (Å²) in [5.74, 6) is 0.645. The first-order chi connectivity index (χ1) is 13.8. The van der Waals surface area contributed by atoms with Crippen LogP contribution in [-0.2, 0) is 20.4 Å². The van der Waals surface area contributed by atoms with Crippen molar-refractivity contribution in [1.29, 1.82) is 0 Å². The van der Waals surface area contributed by atoms with E-state index in [0.29, 0.717) is 9.54 Å². The molecule has 0 amide bonds. The number of halogens is 2. The van der Waals surface area contributed by atoms with Crippen molar-refractivity contribution in [1.82, 2.24) is 0 Å². The molecule has 0 aliphatic heterocycles. The molecule has 1 aromatic rings. The van der Waals surface area contributed by atoms with Crippen molar-refractivity contribution in [3.05, 3.63) is 85.3 Å². The molecule has 0 fully saturated rings. The van der Waals surface area contributed by atoms with Crippen LogP contribution in [0.1, 0.15) is 48.9 Å². The first kappa shape index (κ1) is 26.9. The molecule has 0 spiro atoms. The number of thiocarbonyl (C=S) groups is 1. The fraction of sp³-hybridized carbons (Fsp3) is 0.346. The monoisotopic (exact) mass is 562 g/mol. The first-order valence-corrected chi connectivity index (χ1v) is 19.8. The molecule has 3 aliphatic rings. The summed E-state index contributed by atoms with van der Waals surface area (Å²) in [5, 5.41) is 0. The third-order valence-corrected chi connectivity index (χ3v) is 26.0. The predicted octanol–water partition coefficient (Wildman–Crippen LogP) is 1.52. The zero-order valence-corrected chi connectivity index (χ0v) is 24.9. The summed E-state index contributed by atoms with van der Waals surface area (Å²) in [6.07, 6.45) is 10.1. The van der Waals surface area contributed by atoms with E-state index in [4.69, 9.17) is 12.2 Å². The van der Waals surface area contributed by atoms with Gasteiger partial charge < -0.3 is 24.8 Å². The molecule has 0 saturated heterocycles. The van der Waals surface area contributed by atoms with Crippen LogP contribution in [0.4, 0.5) is 0 Å². The van der Waals surface area contributed by atoms with Gasteiger partial charge in [0.15, 0.2) is 0 Å². The molecular formula is C26H30Cl2SSiZr. The van der Waals surface area contributed by atoms with Crippen molar-refractivity contribution in [3.63, 3.8) is 0 Å². The Hall–Kier alpha value is -0.310. The molecule has 3 aliphatic carbocycles. The van der Waals surface area contributed by atoms with Gasteiger partial charge in [-0.1, -0.05) is 0 Å². The van der Waals surface area contributed by atoms with Crippen molar-refractivity contribution in [3.8, 4) is 0 Å². The average molecular weight is 565 g/mol. The number of allylic oxidation sites excluding steroid dienone is 10. The van der Waals surface area contributed by atoms with Crippen LogP contribution in [0.3, 0.4) is 0 Å². The third kappa shape index (κ3) is 4.69. The van der Waals surface area contributed by atoms with Crippen LogP contribution in [0.25, 0.3) is 5.57 Å².